The van der Waals surface area contributed by atoms with Crippen LogP contribution in [0.2, 0.25) is 0 Å². The Balaban J connectivity index is 1.38. The Morgan fingerprint density at radius 2 is 1.67 bits per heavy atom. The molecular weight excluding hydrogens is 405 g/mol. The van der Waals surface area contributed by atoms with Crippen LogP contribution in [0, 0.1) is 5.82 Å². The first-order valence-corrected chi connectivity index (χ1v) is 10.9. The van der Waals surface area contributed by atoms with E-state index in [2.05, 4.69) is 15.3 Å². The molecule has 0 saturated carbocycles. The summed E-state index contributed by atoms with van der Waals surface area (Å²) in [5.41, 5.74) is 3.22. The molecule has 0 radical (unpaired) electrons. The van der Waals surface area contributed by atoms with Crippen LogP contribution in [-0.4, -0.2) is 30.0 Å². The van der Waals surface area contributed by atoms with Crippen LogP contribution in [0.4, 0.5) is 10.1 Å². The molecule has 6 nitrogen and oxygen atoms in total. The van der Waals surface area contributed by atoms with E-state index in [1.165, 1.54) is 12.1 Å². The fourth-order valence-corrected chi connectivity index (χ4v) is 4.25. The molecule has 0 fully saturated rings. The lowest BCUT2D eigenvalue weighted by atomic mass is 10.2. The van der Waals surface area contributed by atoms with Gasteiger partial charge >= 0.3 is 0 Å². The van der Waals surface area contributed by atoms with Crippen molar-refractivity contribution in [3.63, 3.8) is 0 Å². The molecule has 8 heteroatoms. The summed E-state index contributed by atoms with van der Waals surface area (Å²) in [5.74, 6) is -0.573. The lowest BCUT2D eigenvalue weighted by molar-refractivity contribution is -0.115. The minimum atomic E-state index is -3.66. The van der Waals surface area contributed by atoms with Crippen molar-refractivity contribution in [2.45, 2.75) is 11.3 Å². The van der Waals surface area contributed by atoms with E-state index >= 15 is 0 Å². The molecule has 152 valence electrons. The van der Waals surface area contributed by atoms with Gasteiger partial charge in [0.05, 0.1) is 21.7 Å². The van der Waals surface area contributed by atoms with Crippen LogP contribution in [0.25, 0.3) is 22.4 Å². The van der Waals surface area contributed by atoms with Crippen molar-refractivity contribution in [1.82, 2.24) is 9.97 Å². The Labute approximate surface area is 172 Å². The Bertz CT molecular complexity index is 1260. The van der Waals surface area contributed by atoms with Crippen molar-refractivity contribution >= 4 is 32.5 Å². The minimum Gasteiger partial charge on any atom is -0.338 e. The van der Waals surface area contributed by atoms with E-state index in [0.717, 1.165) is 34.6 Å². The molecule has 4 rings (SSSR count). The number of carbonyl (C=O) groups is 1. The van der Waals surface area contributed by atoms with Crippen molar-refractivity contribution in [2.24, 2.45) is 0 Å². The average Bonchev–Trinajstić information content (AvgIpc) is 3.17. The van der Waals surface area contributed by atoms with Gasteiger partial charge in [0.15, 0.2) is 9.84 Å². The summed E-state index contributed by atoms with van der Waals surface area (Å²) in [5, 5.41) is 2.69. The Kier molecular flexibility index (Phi) is 5.33. The zero-order valence-electron chi connectivity index (χ0n) is 15.8. The predicted molar refractivity (Wildman–Crippen MR) is 113 cm³/mol. The van der Waals surface area contributed by atoms with Gasteiger partial charge in [-0.1, -0.05) is 12.1 Å². The highest BCUT2D eigenvalue weighted by atomic mass is 32.2. The number of amides is 1. The van der Waals surface area contributed by atoms with Crippen LogP contribution < -0.4 is 5.32 Å². The summed E-state index contributed by atoms with van der Waals surface area (Å²) >= 11 is 0. The number of anilines is 1. The van der Waals surface area contributed by atoms with E-state index < -0.39 is 21.6 Å². The maximum Gasteiger partial charge on any atom is 0.225 e. The maximum absolute atomic E-state index is 13.0. The SMILES string of the molecule is O=C(CCS(=O)(=O)c1ccc(F)cc1)Nc1ccc(-c2nc3ccccc3[nH]2)cc1. The van der Waals surface area contributed by atoms with E-state index in [4.69, 9.17) is 0 Å². The van der Waals surface area contributed by atoms with Gasteiger partial charge in [-0.25, -0.2) is 17.8 Å². The summed E-state index contributed by atoms with van der Waals surface area (Å²) in [4.78, 5) is 19.9. The zero-order valence-corrected chi connectivity index (χ0v) is 16.6. The first-order chi connectivity index (χ1) is 14.4. The fraction of sp³-hybridized carbons (Fsp3) is 0.0909. The standard InChI is InChI=1S/C22H18FN3O3S/c23-16-7-11-18(12-8-16)30(28,29)14-13-21(27)24-17-9-5-15(6-10-17)22-25-19-3-1-2-4-20(19)26-22/h1-12H,13-14H2,(H,24,27)(H,25,26). The van der Waals surface area contributed by atoms with Crippen LogP contribution in [0.3, 0.4) is 0 Å². The van der Waals surface area contributed by atoms with Gasteiger partial charge in [-0.2, -0.15) is 0 Å². The van der Waals surface area contributed by atoms with Crippen LogP contribution in [0.1, 0.15) is 6.42 Å². The first-order valence-electron chi connectivity index (χ1n) is 9.24. The number of fused-ring (bicyclic) bond motifs is 1. The van der Waals surface area contributed by atoms with Crippen LogP contribution in [-0.2, 0) is 14.6 Å². The summed E-state index contributed by atoms with van der Waals surface area (Å²) in [6.07, 6.45) is -0.203. The number of H-pyrrole nitrogens is 1. The number of benzene rings is 3. The highest BCUT2D eigenvalue weighted by Gasteiger charge is 2.16. The van der Waals surface area contributed by atoms with Crippen LogP contribution in [0.15, 0.2) is 77.7 Å². The summed E-state index contributed by atoms with van der Waals surface area (Å²) in [7, 11) is -3.66. The number of nitrogens with one attached hydrogen (secondary N) is 2. The number of hydrogen-bond acceptors (Lipinski definition) is 4. The zero-order chi connectivity index (χ0) is 21.1. The number of imidazole rings is 1. The molecule has 4 aromatic rings. The monoisotopic (exact) mass is 423 g/mol. The number of carbonyl (C=O) groups excluding carboxylic acids is 1. The topological polar surface area (TPSA) is 91.9 Å². The third-order valence-corrected chi connectivity index (χ3v) is 6.33. The number of para-hydroxylation sites is 2. The molecule has 0 aliphatic heterocycles. The van der Waals surface area contributed by atoms with Crippen LogP contribution >= 0.6 is 0 Å². The van der Waals surface area contributed by atoms with Gasteiger partial charge in [-0.15, -0.1) is 0 Å². The molecule has 0 atom stereocenters. The highest BCUT2D eigenvalue weighted by Crippen LogP contribution is 2.22. The van der Waals surface area contributed by atoms with E-state index in [9.17, 15) is 17.6 Å². The number of rotatable bonds is 6. The molecule has 0 unspecified atom stereocenters. The maximum atomic E-state index is 13.0. The molecule has 3 aromatic carbocycles. The molecule has 0 saturated heterocycles. The van der Waals surface area contributed by atoms with E-state index in [-0.39, 0.29) is 17.1 Å². The first kappa shape index (κ1) is 19.8. The number of halogens is 1. The van der Waals surface area contributed by atoms with E-state index in [1.807, 2.05) is 36.4 Å². The normalized spacial score (nSPS) is 11.5. The predicted octanol–water partition coefficient (Wildman–Crippen LogP) is 4.17. The van der Waals surface area contributed by atoms with Gasteiger partial charge in [0, 0.05) is 17.7 Å². The van der Waals surface area contributed by atoms with Crippen molar-refractivity contribution in [1.29, 1.82) is 0 Å². The third kappa shape index (κ3) is 4.38. The second-order valence-electron chi connectivity index (χ2n) is 6.75. The molecule has 1 aromatic heterocycles. The van der Waals surface area contributed by atoms with Crippen molar-refractivity contribution in [3.05, 3.63) is 78.6 Å². The van der Waals surface area contributed by atoms with Crippen molar-refractivity contribution in [2.75, 3.05) is 11.1 Å². The lowest BCUT2D eigenvalue weighted by Gasteiger charge is -2.07. The van der Waals surface area contributed by atoms with Crippen LogP contribution in [0.5, 0.6) is 0 Å². The number of nitrogens with zero attached hydrogens (tertiary/aromatic N) is 1. The molecule has 0 bridgehead atoms. The highest BCUT2D eigenvalue weighted by molar-refractivity contribution is 7.91. The second kappa shape index (κ2) is 8.08. The smallest absolute Gasteiger partial charge is 0.225 e. The largest absolute Gasteiger partial charge is 0.338 e. The molecule has 1 amide bonds. The number of aromatic nitrogens is 2. The second-order valence-corrected chi connectivity index (χ2v) is 8.86. The number of aromatic amines is 1. The molecule has 0 aliphatic carbocycles. The number of hydrogen-bond donors (Lipinski definition) is 2. The molecule has 2 N–H and O–H groups in total. The molecule has 0 aliphatic rings. The van der Waals surface area contributed by atoms with Crippen molar-refractivity contribution < 1.29 is 17.6 Å². The third-order valence-electron chi connectivity index (χ3n) is 4.60. The van der Waals surface area contributed by atoms with Crippen molar-refractivity contribution in [3.8, 4) is 11.4 Å². The molecule has 30 heavy (non-hydrogen) atoms. The van der Waals surface area contributed by atoms with Gasteiger partial charge < -0.3 is 10.3 Å². The molecule has 0 spiro atoms. The Morgan fingerprint density at radius 1 is 0.967 bits per heavy atom. The minimum absolute atomic E-state index is 0.00751. The van der Waals surface area contributed by atoms with E-state index in [0.29, 0.717) is 5.69 Å². The summed E-state index contributed by atoms with van der Waals surface area (Å²) < 4.78 is 37.5. The van der Waals surface area contributed by atoms with Gasteiger partial charge in [-0.3, -0.25) is 4.79 Å². The Hall–Kier alpha value is -3.52. The van der Waals surface area contributed by atoms with Gasteiger partial charge in [0.25, 0.3) is 0 Å². The van der Waals surface area contributed by atoms with Gasteiger partial charge in [0.2, 0.25) is 5.91 Å². The number of sulfone groups is 1. The van der Waals surface area contributed by atoms with E-state index in [1.54, 1.807) is 12.1 Å². The molecule has 1 heterocycles. The fourth-order valence-electron chi connectivity index (χ4n) is 3.01. The summed E-state index contributed by atoms with van der Waals surface area (Å²) in [6, 6.07) is 19.4. The summed E-state index contributed by atoms with van der Waals surface area (Å²) in [6.45, 7) is 0. The quantitative estimate of drug-likeness (QED) is 0.455. The molecular formula is C22H18FN3O3S. The van der Waals surface area contributed by atoms with Gasteiger partial charge in [-0.05, 0) is 60.7 Å². The lowest BCUT2D eigenvalue weighted by Crippen LogP contribution is -2.17. The average molecular weight is 423 g/mol. The van der Waals surface area contributed by atoms with Gasteiger partial charge in [0.1, 0.15) is 11.6 Å². The Morgan fingerprint density at radius 3 is 2.37 bits per heavy atom.